The minimum Gasteiger partial charge on any atom is -0.353 e. The van der Waals surface area contributed by atoms with Gasteiger partial charge < -0.3 is 10.2 Å². The third-order valence-electron chi connectivity index (χ3n) is 7.11. The maximum absolute atomic E-state index is 14.9. The van der Waals surface area contributed by atoms with Crippen LogP contribution in [-0.4, -0.2) is 63.3 Å². The largest absolute Gasteiger partial charge is 0.416 e. The van der Waals surface area contributed by atoms with Crippen molar-refractivity contribution >= 4 is 44.2 Å². The molecular weight excluding hydrogens is 546 g/mol. The number of carbonyl (C=O) groups is 1. The summed E-state index contributed by atoms with van der Waals surface area (Å²) in [6.07, 6.45) is -1.38. The number of nitrogens with zero attached hydrogens (tertiary/aromatic N) is 6. The van der Waals surface area contributed by atoms with Crippen molar-refractivity contribution in [1.29, 1.82) is 0 Å². The van der Waals surface area contributed by atoms with Crippen molar-refractivity contribution in [3.8, 4) is 5.69 Å². The number of thiophene rings is 1. The van der Waals surface area contributed by atoms with Gasteiger partial charge in [0, 0.05) is 48.0 Å². The van der Waals surface area contributed by atoms with Gasteiger partial charge in [-0.15, -0.1) is 16.4 Å². The lowest BCUT2D eigenvalue weighted by Gasteiger charge is -2.39. The molecule has 5 aromatic rings. The Hall–Kier alpha value is -4.10. The van der Waals surface area contributed by atoms with E-state index < -0.39 is 17.8 Å². The maximum atomic E-state index is 14.9. The molecule has 0 radical (unpaired) electrons. The Morgan fingerprint density at radius 3 is 2.65 bits per heavy atom. The summed E-state index contributed by atoms with van der Waals surface area (Å²) >= 11 is 1.46. The molecule has 1 aliphatic heterocycles. The van der Waals surface area contributed by atoms with Crippen LogP contribution in [0.2, 0.25) is 0 Å². The van der Waals surface area contributed by atoms with E-state index in [-0.39, 0.29) is 18.3 Å². The van der Waals surface area contributed by atoms with Crippen molar-refractivity contribution in [2.45, 2.75) is 18.8 Å². The molecule has 0 bridgehead atoms. The van der Waals surface area contributed by atoms with Crippen molar-refractivity contribution in [3.63, 3.8) is 0 Å². The van der Waals surface area contributed by atoms with Crippen molar-refractivity contribution in [3.05, 3.63) is 77.3 Å². The fraction of sp³-hybridized carbons (Fsp3) is 0.259. The van der Waals surface area contributed by atoms with Gasteiger partial charge in [-0.05, 0) is 48.8 Å². The Balaban J connectivity index is 1.20. The zero-order valence-electron chi connectivity index (χ0n) is 21.2. The van der Waals surface area contributed by atoms with Crippen molar-refractivity contribution in [2.24, 2.45) is 0 Å². The van der Waals surface area contributed by atoms with E-state index in [1.807, 2.05) is 28.3 Å². The number of alkyl halides is 3. The van der Waals surface area contributed by atoms with Crippen LogP contribution in [-0.2, 0) is 17.5 Å². The molecule has 6 rings (SSSR count). The number of piperazine rings is 1. The SMILES string of the molecule is CN1CCN(c2ncnc3nn(-c4ccc(C(F)(F)F)cc4)cc23)C[C@@H]1C(=O)NCc1ccc2sccc2c1F. The van der Waals surface area contributed by atoms with Crippen LogP contribution in [0, 0.1) is 5.82 Å². The Bertz CT molecular complexity index is 1700. The predicted molar refractivity (Wildman–Crippen MR) is 144 cm³/mol. The Labute approximate surface area is 229 Å². The minimum absolute atomic E-state index is 0.0679. The van der Waals surface area contributed by atoms with Gasteiger partial charge in [0.25, 0.3) is 0 Å². The summed E-state index contributed by atoms with van der Waals surface area (Å²) in [4.78, 5) is 25.8. The van der Waals surface area contributed by atoms with Gasteiger partial charge >= 0.3 is 6.18 Å². The summed E-state index contributed by atoms with van der Waals surface area (Å²) < 4.78 is 56.1. The highest BCUT2D eigenvalue weighted by Crippen LogP contribution is 2.31. The predicted octanol–water partition coefficient (Wildman–Crippen LogP) is 4.62. The van der Waals surface area contributed by atoms with Gasteiger partial charge in [-0.25, -0.2) is 19.0 Å². The van der Waals surface area contributed by atoms with Crippen molar-refractivity contribution < 1.29 is 22.4 Å². The van der Waals surface area contributed by atoms with Crippen LogP contribution in [0.3, 0.4) is 0 Å². The molecule has 206 valence electrons. The third kappa shape index (κ3) is 4.86. The van der Waals surface area contributed by atoms with E-state index >= 15 is 0 Å². The molecule has 1 atom stereocenters. The summed E-state index contributed by atoms with van der Waals surface area (Å²) in [5, 5.41) is 10.3. The van der Waals surface area contributed by atoms with E-state index in [0.29, 0.717) is 53.1 Å². The lowest BCUT2D eigenvalue weighted by molar-refractivity contribution is -0.137. The molecular formula is C27H23F4N7OS. The fourth-order valence-electron chi connectivity index (χ4n) is 4.85. The number of likely N-dealkylation sites (N-methyl/N-ethyl adjacent to an activating group) is 1. The number of amides is 1. The molecule has 1 fully saturated rings. The minimum atomic E-state index is -4.43. The number of rotatable bonds is 5. The normalized spacial score (nSPS) is 16.6. The van der Waals surface area contributed by atoms with Crippen LogP contribution in [0.1, 0.15) is 11.1 Å². The molecule has 1 amide bonds. The molecule has 13 heteroatoms. The van der Waals surface area contributed by atoms with Crippen LogP contribution >= 0.6 is 11.3 Å². The van der Waals surface area contributed by atoms with Crippen molar-refractivity contribution in [1.82, 2.24) is 30.0 Å². The average molecular weight is 570 g/mol. The lowest BCUT2D eigenvalue weighted by Crippen LogP contribution is -2.57. The fourth-order valence-corrected chi connectivity index (χ4v) is 5.63. The molecule has 8 nitrogen and oxygen atoms in total. The van der Waals surface area contributed by atoms with E-state index in [1.165, 1.54) is 34.5 Å². The number of hydrogen-bond acceptors (Lipinski definition) is 7. The first-order valence-corrected chi connectivity index (χ1v) is 13.3. The number of halogens is 4. The van der Waals surface area contributed by atoms with Crippen LogP contribution < -0.4 is 10.2 Å². The zero-order chi connectivity index (χ0) is 28.0. The van der Waals surface area contributed by atoms with E-state index in [4.69, 9.17) is 0 Å². The first-order chi connectivity index (χ1) is 19.2. The number of aromatic nitrogens is 4. The van der Waals surface area contributed by atoms with E-state index in [2.05, 4.69) is 20.4 Å². The summed E-state index contributed by atoms with van der Waals surface area (Å²) in [5.41, 5.74) is 0.497. The summed E-state index contributed by atoms with van der Waals surface area (Å²) in [6, 6.07) is 9.45. The number of fused-ring (bicyclic) bond motifs is 2. The van der Waals surface area contributed by atoms with E-state index in [9.17, 15) is 22.4 Å². The molecule has 1 aliphatic rings. The lowest BCUT2D eigenvalue weighted by atomic mass is 10.1. The average Bonchev–Trinajstić information content (AvgIpc) is 3.60. The highest BCUT2D eigenvalue weighted by Gasteiger charge is 2.32. The molecule has 0 saturated carbocycles. The van der Waals surface area contributed by atoms with E-state index in [1.54, 1.807) is 18.3 Å². The van der Waals surface area contributed by atoms with Gasteiger partial charge in [-0.2, -0.15) is 13.2 Å². The number of benzene rings is 2. The first kappa shape index (κ1) is 26.1. The number of carbonyl (C=O) groups excluding carboxylic acids is 1. The second-order valence-corrected chi connectivity index (χ2v) is 10.5. The molecule has 0 unspecified atom stereocenters. The number of anilines is 1. The maximum Gasteiger partial charge on any atom is 0.416 e. The molecule has 1 N–H and O–H groups in total. The zero-order valence-corrected chi connectivity index (χ0v) is 22.0. The second kappa shape index (κ2) is 10.1. The summed E-state index contributed by atoms with van der Waals surface area (Å²) in [5.74, 6) is 0.0110. The Morgan fingerprint density at radius 2 is 1.88 bits per heavy atom. The molecule has 40 heavy (non-hydrogen) atoms. The van der Waals surface area contributed by atoms with Gasteiger partial charge in [0.15, 0.2) is 5.65 Å². The smallest absolute Gasteiger partial charge is 0.353 e. The molecule has 3 aromatic heterocycles. The van der Waals surface area contributed by atoms with Gasteiger partial charge in [0.1, 0.15) is 24.0 Å². The topological polar surface area (TPSA) is 79.2 Å². The second-order valence-electron chi connectivity index (χ2n) is 9.58. The molecule has 0 spiro atoms. The number of nitrogens with one attached hydrogen (secondary N) is 1. The van der Waals surface area contributed by atoms with Crippen LogP contribution in [0.5, 0.6) is 0 Å². The Kier molecular flexibility index (Phi) is 6.62. The summed E-state index contributed by atoms with van der Waals surface area (Å²) in [6.45, 7) is 1.55. The summed E-state index contributed by atoms with van der Waals surface area (Å²) in [7, 11) is 1.86. The van der Waals surface area contributed by atoms with Gasteiger partial charge in [0.2, 0.25) is 5.91 Å². The van der Waals surface area contributed by atoms with Gasteiger partial charge in [-0.1, -0.05) is 6.07 Å². The molecule has 1 saturated heterocycles. The van der Waals surface area contributed by atoms with Gasteiger partial charge in [-0.3, -0.25) is 9.69 Å². The van der Waals surface area contributed by atoms with E-state index in [0.717, 1.165) is 16.8 Å². The molecule has 4 heterocycles. The van der Waals surface area contributed by atoms with Crippen molar-refractivity contribution in [2.75, 3.05) is 31.6 Å². The standard InChI is InChI=1S/C27H23F4N7OS/c1-36-9-10-37(14-21(36)26(39)32-12-16-2-7-22-19(23(16)28)8-11-40-22)25-20-13-38(35-24(20)33-15-34-25)18-5-3-17(4-6-18)27(29,30)31/h2-8,11,13,15,21H,9-10,12,14H2,1H3,(H,32,39)/t21-/m1/s1. The van der Waals surface area contributed by atoms with Crippen LogP contribution in [0.15, 0.2) is 60.4 Å². The quantitative estimate of drug-likeness (QED) is 0.311. The van der Waals surface area contributed by atoms with Crippen LogP contribution in [0.25, 0.3) is 26.8 Å². The number of hydrogen-bond donors (Lipinski definition) is 1. The highest BCUT2D eigenvalue weighted by molar-refractivity contribution is 7.17. The highest BCUT2D eigenvalue weighted by atomic mass is 32.1. The van der Waals surface area contributed by atoms with Gasteiger partial charge in [0.05, 0.1) is 16.6 Å². The third-order valence-corrected chi connectivity index (χ3v) is 7.99. The van der Waals surface area contributed by atoms with Crippen LogP contribution in [0.4, 0.5) is 23.4 Å². The monoisotopic (exact) mass is 569 g/mol. The molecule has 0 aliphatic carbocycles. The Morgan fingerprint density at radius 1 is 1.07 bits per heavy atom. The molecule has 2 aromatic carbocycles. The first-order valence-electron chi connectivity index (χ1n) is 12.4.